The van der Waals surface area contributed by atoms with Crippen molar-refractivity contribution in [2.45, 2.75) is 13.5 Å². The van der Waals surface area contributed by atoms with Gasteiger partial charge < -0.3 is 20.1 Å². The zero-order valence-electron chi connectivity index (χ0n) is 15.9. The van der Waals surface area contributed by atoms with Crippen LogP contribution in [-0.4, -0.2) is 35.1 Å². The number of rotatable bonds is 7. The molecule has 0 spiro atoms. The Kier molecular flexibility index (Phi) is 6.01. The van der Waals surface area contributed by atoms with Gasteiger partial charge in [0.25, 0.3) is 5.91 Å². The lowest BCUT2D eigenvalue weighted by molar-refractivity contribution is 0.102. The lowest BCUT2D eigenvalue weighted by atomic mass is 10.2. The maximum absolute atomic E-state index is 12.6. The van der Waals surface area contributed by atoms with Crippen molar-refractivity contribution in [3.05, 3.63) is 65.9 Å². The number of methoxy groups -OCH3 is 2. The third-order valence-electron chi connectivity index (χ3n) is 3.93. The van der Waals surface area contributed by atoms with Crippen LogP contribution in [0.3, 0.4) is 0 Å². The number of ether oxygens (including phenoxy) is 2. The number of nitrogens with one attached hydrogen (secondary N) is 2. The number of nitrogens with zero attached hydrogens (tertiary/aromatic N) is 3. The second-order valence-electron chi connectivity index (χ2n) is 5.92. The maximum atomic E-state index is 12.6. The van der Waals surface area contributed by atoms with Crippen molar-refractivity contribution in [2.24, 2.45) is 0 Å². The fourth-order valence-corrected chi connectivity index (χ4v) is 2.58. The number of aryl methyl sites for hydroxylation is 1. The molecule has 0 unspecified atom stereocenters. The lowest BCUT2D eigenvalue weighted by Gasteiger charge is -2.11. The predicted octanol–water partition coefficient (Wildman–Crippen LogP) is 3.06. The molecule has 0 aliphatic heterocycles. The molecule has 0 aliphatic rings. The molecule has 8 heteroatoms. The number of pyridine rings is 1. The molecule has 0 saturated heterocycles. The van der Waals surface area contributed by atoms with E-state index in [0.717, 1.165) is 5.56 Å². The van der Waals surface area contributed by atoms with Gasteiger partial charge in [-0.3, -0.25) is 9.78 Å². The summed E-state index contributed by atoms with van der Waals surface area (Å²) in [5, 5.41) is 6.01. The monoisotopic (exact) mass is 379 g/mol. The number of carbonyl (C=O) groups is 1. The average Bonchev–Trinajstić information content (AvgIpc) is 2.72. The Morgan fingerprint density at radius 2 is 1.75 bits per heavy atom. The molecule has 144 valence electrons. The van der Waals surface area contributed by atoms with E-state index in [2.05, 4.69) is 25.6 Å². The van der Waals surface area contributed by atoms with Crippen LogP contribution in [0.2, 0.25) is 0 Å². The van der Waals surface area contributed by atoms with Gasteiger partial charge in [-0.1, -0.05) is 0 Å². The summed E-state index contributed by atoms with van der Waals surface area (Å²) in [6.45, 7) is 2.31. The van der Waals surface area contributed by atoms with E-state index in [1.165, 1.54) is 7.11 Å². The van der Waals surface area contributed by atoms with Gasteiger partial charge in [0.1, 0.15) is 17.3 Å². The van der Waals surface area contributed by atoms with E-state index in [1.54, 1.807) is 50.7 Å². The number of aromatic nitrogens is 3. The average molecular weight is 379 g/mol. The SMILES string of the molecule is COc1ccc(NC(=O)c2cc(NCc3ccncc3)nc(C)n2)cc1OC. The van der Waals surface area contributed by atoms with Crippen LogP contribution in [0.4, 0.5) is 11.5 Å². The molecule has 2 N–H and O–H groups in total. The molecule has 2 aromatic heterocycles. The van der Waals surface area contributed by atoms with Crippen LogP contribution in [-0.2, 0) is 6.54 Å². The summed E-state index contributed by atoms with van der Waals surface area (Å²) in [6, 6.07) is 10.6. The van der Waals surface area contributed by atoms with Crippen molar-refractivity contribution >= 4 is 17.4 Å². The van der Waals surface area contributed by atoms with E-state index in [1.807, 2.05) is 12.1 Å². The van der Waals surface area contributed by atoms with E-state index in [-0.39, 0.29) is 11.6 Å². The second-order valence-corrected chi connectivity index (χ2v) is 5.92. The Hall–Kier alpha value is -3.68. The van der Waals surface area contributed by atoms with Gasteiger partial charge in [-0.2, -0.15) is 0 Å². The molecule has 0 fully saturated rings. The van der Waals surface area contributed by atoms with Gasteiger partial charge in [-0.25, -0.2) is 9.97 Å². The van der Waals surface area contributed by atoms with E-state index < -0.39 is 0 Å². The topological polar surface area (TPSA) is 98.3 Å². The Balaban J connectivity index is 1.74. The van der Waals surface area contributed by atoms with E-state index >= 15 is 0 Å². The van der Waals surface area contributed by atoms with Crippen LogP contribution < -0.4 is 20.1 Å². The van der Waals surface area contributed by atoms with Crippen molar-refractivity contribution in [3.63, 3.8) is 0 Å². The molecule has 3 aromatic rings. The zero-order chi connectivity index (χ0) is 19.9. The summed E-state index contributed by atoms with van der Waals surface area (Å²) in [5.74, 6) is 1.84. The van der Waals surface area contributed by atoms with Crippen molar-refractivity contribution in [2.75, 3.05) is 24.9 Å². The highest BCUT2D eigenvalue weighted by atomic mass is 16.5. The molecule has 1 amide bonds. The number of amides is 1. The predicted molar refractivity (Wildman–Crippen MR) is 106 cm³/mol. The fraction of sp³-hybridized carbons (Fsp3) is 0.200. The molecule has 8 nitrogen and oxygen atoms in total. The molecule has 0 bridgehead atoms. The summed E-state index contributed by atoms with van der Waals surface area (Å²) < 4.78 is 10.5. The van der Waals surface area contributed by atoms with Gasteiger partial charge in [0.15, 0.2) is 11.5 Å². The first-order chi connectivity index (χ1) is 13.6. The highest BCUT2D eigenvalue weighted by Gasteiger charge is 2.13. The Morgan fingerprint density at radius 1 is 1.00 bits per heavy atom. The third kappa shape index (κ3) is 4.73. The quantitative estimate of drug-likeness (QED) is 0.651. The van der Waals surface area contributed by atoms with Crippen molar-refractivity contribution in [1.29, 1.82) is 0 Å². The lowest BCUT2D eigenvalue weighted by Crippen LogP contribution is -2.16. The van der Waals surface area contributed by atoms with Crippen LogP contribution in [0, 0.1) is 6.92 Å². The number of carbonyl (C=O) groups excluding carboxylic acids is 1. The summed E-state index contributed by atoms with van der Waals surface area (Å²) >= 11 is 0. The third-order valence-corrected chi connectivity index (χ3v) is 3.93. The van der Waals surface area contributed by atoms with Crippen LogP contribution in [0.25, 0.3) is 0 Å². The van der Waals surface area contributed by atoms with E-state index in [0.29, 0.717) is 35.4 Å². The molecular weight excluding hydrogens is 358 g/mol. The van der Waals surface area contributed by atoms with Gasteiger partial charge in [0, 0.05) is 36.8 Å². The maximum Gasteiger partial charge on any atom is 0.274 e. The molecule has 2 heterocycles. The smallest absolute Gasteiger partial charge is 0.274 e. The molecule has 28 heavy (non-hydrogen) atoms. The zero-order valence-corrected chi connectivity index (χ0v) is 15.9. The summed E-state index contributed by atoms with van der Waals surface area (Å²) in [4.78, 5) is 25.2. The van der Waals surface area contributed by atoms with Gasteiger partial charge >= 0.3 is 0 Å². The summed E-state index contributed by atoms with van der Waals surface area (Å²) in [7, 11) is 3.10. The van der Waals surface area contributed by atoms with Crippen LogP contribution in [0.15, 0.2) is 48.8 Å². The summed E-state index contributed by atoms with van der Waals surface area (Å²) in [6.07, 6.45) is 3.45. The molecule has 0 saturated carbocycles. The molecule has 0 aliphatic carbocycles. The van der Waals surface area contributed by atoms with E-state index in [9.17, 15) is 4.79 Å². The Morgan fingerprint density at radius 3 is 2.46 bits per heavy atom. The first-order valence-corrected chi connectivity index (χ1v) is 8.61. The standard InChI is InChI=1S/C20H21N5O3/c1-13-23-16(11-19(24-13)22-12-14-6-8-21-9-7-14)20(26)25-15-4-5-17(27-2)18(10-15)28-3/h4-11H,12H2,1-3H3,(H,25,26)(H,22,23,24). The van der Waals surface area contributed by atoms with Gasteiger partial charge in [0.2, 0.25) is 0 Å². The van der Waals surface area contributed by atoms with Gasteiger partial charge in [-0.05, 0) is 36.8 Å². The largest absolute Gasteiger partial charge is 0.493 e. The number of hydrogen-bond acceptors (Lipinski definition) is 7. The van der Waals surface area contributed by atoms with Crippen LogP contribution >= 0.6 is 0 Å². The molecule has 1 aromatic carbocycles. The number of hydrogen-bond donors (Lipinski definition) is 2. The van der Waals surface area contributed by atoms with Crippen LogP contribution in [0.5, 0.6) is 11.5 Å². The van der Waals surface area contributed by atoms with Crippen molar-refractivity contribution < 1.29 is 14.3 Å². The first kappa shape index (κ1) is 19.1. The number of anilines is 2. The summed E-state index contributed by atoms with van der Waals surface area (Å²) in [5.41, 5.74) is 1.90. The number of benzene rings is 1. The fourth-order valence-electron chi connectivity index (χ4n) is 2.58. The highest BCUT2D eigenvalue weighted by Crippen LogP contribution is 2.29. The Labute approximate surface area is 163 Å². The van der Waals surface area contributed by atoms with Crippen molar-refractivity contribution in [1.82, 2.24) is 15.0 Å². The Bertz CT molecular complexity index is 963. The molecular formula is C20H21N5O3. The van der Waals surface area contributed by atoms with Crippen molar-refractivity contribution in [3.8, 4) is 11.5 Å². The molecule has 0 radical (unpaired) electrons. The minimum atomic E-state index is -0.343. The minimum Gasteiger partial charge on any atom is -0.493 e. The highest BCUT2D eigenvalue weighted by molar-refractivity contribution is 6.03. The van der Waals surface area contributed by atoms with Gasteiger partial charge in [0.05, 0.1) is 14.2 Å². The molecule has 3 rings (SSSR count). The normalized spacial score (nSPS) is 10.2. The van der Waals surface area contributed by atoms with Gasteiger partial charge in [-0.15, -0.1) is 0 Å². The minimum absolute atomic E-state index is 0.263. The van der Waals surface area contributed by atoms with E-state index in [4.69, 9.17) is 9.47 Å². The first-order valence-electron chi connectivity index (χ1n) is 8.61. The molecule has 0 atom stereocenters. The second kappa shape index (κ2) is 8.81. The van der Waals surface area contributed by atoms with Crippen LogP contribution in [0.1, 0.15) is 21.9 Å².